The monoisotopic (exact) mass is 430 g/mol. The van der Waals surface area contributed by atoms with Gasteiger partial charge < -0.3 is 10.2 Å². The molecule has 6 nitrogen and oxygen atoms in total. The van der Waals surface area contributed by atoms with Crippen molar-refractivity contribution in [2.24, 2.45) is 10.9 Å². The number of nitrogens with zero attached hydrogens (tertiary/aromatic N) is 5. The smallest absolute Gasteiger partial charge is 0.225 e. The number of benzene rings is 1. The fraction of sp³-hybridized carbons (Fsp3) is 0.333. The van der Waals surface area contributed by atoms with Crippen LogP contribution in [0.3, 0.4) is 0 Å². The molecule has 1 saturated heterocycles. The Labute approximate surface area is 186 Å². The molecule has 31 heavy (non-hydrogen) atoms. The van der Waals surface area contributed by atoms with E-state index >= 15 is 0 Å². The predicted octanol–water partition coefficient (Wildman–Crippen LogP) is 4.15. The number of aromatic nitrogens is 3. The zero-order valence-electron chi connectivity index (χ0n) is 17.4. The van der Waals surface area contributed by atoms with Gasteiger partial charge in [-0.1, -0.05) is 24.3 Å². The number of anilines is 1. The number of aliphatic imine (C=N–C) groups is 1. The van der Waals surface area contributed by atoms with Gasteiger partial charge in [0.05, 0.1) is 22.8 Å². The van der Waals surface area contributed by atoms with E-state index in [9.17, 15) is 0 Å². The molecule has 0 bridgehead atoms. The number of hydrogen-bond acceptors (Lipinski definition) is 7. The van der Waals surface area contributed by atoms with Gasteiger partial charge in [0.15, 0.2) is 0 Å². The van der Waals surface area contributed by atoms with Crippen LogP contribution < -0.4 is 10.2 Å². The Balaban J connectivity index is 1.11. The van der Waals surface area contributed by atoms with Gasteiger partial charge >= 0.3 is 0 Å². The maximum absolute atomic E-state index is 4.75. The molecule has 3 aromatic rings. The van der Waals surface area contributed by atoms with Crippen molar-refractivity contribution < 1.29 is 0 Å². The molecule has 2 aliphatic heterocycles. The van der Waals surface area contributed by atoms with E-state index in [1.165, 1.54) is 5.39 Å². The van der Waals surface area contributed by atoms with Gasteiger partial charge in [-0.25, -0.2) is 9.97 Å². The van der Waals surface area contributed by atoms with Gasteiger partial charge in [0.25, 0.3) is 0 Å². The topological polar surface area (TPSA) is 66.3 Å². The summed E-state index contributed by atoms with van der Waals surface area (Å²) in [5.41, 5.74) is 3.11. The zero-order chi connectivity index (χ0) is 20.9. The molecule has 0 unspecified atom stereocenters. The van der Waals surface area contributed by atoms with Gasteiger partial charge in [-0.2, -0.15) is 0 Å². The minimum Gasteiger partial charge on any atom is -0.341 e. The van der Waals surface area contributed by atoms with Gasteiger partial charge in [-0.15, -0.1) is 11.8 Å². The first-order valence-corrected chi connectivity index (χ1v) is 11.8. The van der Waals surface area contributed by atoms with Crippen LogP contribution >= 0.6 is 11.8 Å². The average molecular weight is 431 g/mol. The number of nitrogens with one attached hydrogen (secondary N) is 1. The third-order valence-electron chi connectivity index (χ3n) is 5.77. The van der Waals surface area contributed by atoms with Crippen molar-refractivity contribution in [3.05, 3.63) is 65.0 Å². The van der Waals surface area contributed by atoms with E-state index in [4.69, 9.17) is 9.97 Å². The third kappa shape index (κ3) is 5.11. The van der Waals surface area contributed by atoms with Crippen LogP contribution in [0.5, 0.6) is 0 Å². The van der Waals surface area contributed by atoms with Crippen molar-refractivity contribution in [2.75, 3.05) is 30.4 Å². The van der Waals surface area contributed by atoms with Crippen LogP contribution in [0, 0.1) is 5.92 Å². The Morgan fingerprint density at radius 2 is 1.97 bits per heavy atom. The molecule has 0 radical (unpaired) electrons. The molecule has 2 aromatic heterocycles. The Bertz CT molecular complexity index is 1100. The Kier molecular flexibility index (Phi) is 6.22. The zero-order valence-corrected chi connectivity index (χ0v) is 18.3. The van der Waals surface area contributed by atoms with E-state index in [0.29, 0.717) is 5.92 Å². The number of allylic oxidation sites excluding steroid dienone is 1. The number of thioether (sulfide) groups is 1. The van der Waals surface area contributed by atoms with Gasteiger partial charge in [0, 0.05) is 42.3 Å². The quantitative estimate of drug-likeness (QED) is 0.634. The number of rotatable bonds is 6. The average Bonchev–Trinajstić information content (AvgIpc) is 3.33. The minimum absolute atomic E-state index is 0.674. The standard InChI is InChI=1S/C24H26N6S/c1-2-4-23-19(3-1)5-6-21(28-23)15-25-14-18-8-11-30(12-9-18)24-27-10-7-20(29-24)13-22-16-26-17-31-22/h1-7,10,13,16,18,25H,8-9,11-12,14-15,17H2/b22-13-. The van der Waals surface area contributed by atoms with E-state index in [-0.39, 0.29) is 0 Å². The molecule has 0 amide bonds. The first-order chi connectivity index (χ1) is 15.3. The molecule has 0 spiro atoms. The molecular weight excluding hydrogens is 404 g/mol. The highest BCUT2D eigenvalue weighted by atomic mass is 32.2. The second-order valence-corrected chi connectivity index (χ2v) is 8.99. The van der Waals surface area contributed by atoms with Gasteiger partial charge in [0.2, 0.25) is 5.95 Å². The number of para-hydroxylation sites is 1. The molecule has 0 atom stereocenters. The van der Waals surface area contributed by atoms with Crippen LogP contribution in [-0.4, -0.2) is 46.7 Å². The fourth-order valence-electron chi connectivity index (χ4n) is 4.04. The lowest BCUT2D eigenvalue weighted by molar-refractivity contribution is 0.379. The minimum atomic E-state index is 0.674. The van der Waals surface area contributed by atoms with E-state index < -0.39 is 0 Å². The van der Waals surface area contributed by atoms with E-state index in [1.54, 1.807) is 11.8 Å². The summed E-state index contributed by atoms with van der Waals surface area (Å²) in [6.07, 6.45) is 8.16. The Hall–Kier alpha value is -2.77. The lowest BCUT2D eigenvalue weighted by atomic mass is 9.97. The largest absolute Gasteiger partial charge is 0.341 e. The van der Waals surface area contributed by atoms with Crippen molar-refractivity contribution in [1.82, 2.24) is 20.3 Å². The first kappa shape index (κ1) is 20.2. The molecular formula is C24H26N6S. The first-order valence-electron chi connectivity index (χ1n) is 10.8. The Morgan fingerprint density at radius 1 is 1.06 bits per heavy atom. The number of pyridine rings is 1. The summed E-state index contributed by atoms with van der Waals surface area (Å²) >= 11 is 1.74. The number of fused-ring (bicyclic) bond motifs is 1. The summed E-state index contributed by atoms with van der Waals surface area (Å²) in [5.74, 6) is 2.32. The lowest BCUT2D eigenvalue weighted by Crippen LogP contribution is -2.38. The molecule has 2 aliphatic rings. The highest BCUT2D eigenvalue weighted by Gasteiger charge is 2.21. The van der Waals surface area contributed by atoms with Crippen LogP contribution in [0.1, 0.15) is 24.2 Å². The summed E-state index contributed by atoms with van der Waals surface area (Å²) in [4.78, 5) is 21.7. The van der Waals surface area contributed by atoms with Crippen LogP contribution in [0.2, 0.25) is 0 Å². The van der Waals surface area contributed by atoms with E-state index in [1.807, 2.05) is 24.5 Å². The molecule has 158 valence electrons. The van der Waals surface area contributed by atoms with Crippen molar-refractivity contribution in [1.29, 1.82) is 0 Å². The molecule has 5 rings (SSSR count). The number of hydrogen-bond donors (Lipinski definition) is 1. The van der Waals surface area contributed by atoms with Crippen LogP contribution in [0.25, 0.3) is 17.0 Å². The molecule has 1 fully saturated rings. The summed E-state index contributed by atoms with van der Waals surface area (Å²) < 4.78 is 0. The molecule has 1 N–H and O–H groups in total. The predicted molar refractivity (Wildman–Crippen MR) is 129 cm³/mol. The van der Waals surface area contributed by atoms with Crippen molar-refractivity contribution in [3.63, 3.8) is 0 Å². The molecule has 0 aliphatic carbocycles. The van der Waals surface area contributed by atoms with Gasteiger partial charge in [0.1, 0.15) is 0 Å². The summed E-state index contributed by atoms with van der Waals surface area (Å²) in [5, 5.41) is 4.80. The van der Waals surface area contributed by atoms with Crippen molar-refractivity contribution >= 4 is 40.9 Å². The highest BCUT2D eigenvalue weighted by Crippen LogP contribution is 2.24. The van der Waals surface area contributed by atoms with Gasteiger partial charge in [-0.05, 0) is 49.6 Å². The van der Waals surface area contributed by atoms with Gasteiger partial charge in [-0.3, -0.25) is 9.98 Å². The van der Waals surface area contributed by atoms with Crippen LogP contribution in [0.4, 0.5) is 5.95 Å². The van der Waals surface area contributed by atoms with Crippen LogP contribution in [0.15, 0.2) is 58.6 Å². The summed E-state index contributed by atoms with van der Waals surface area (Å²) in [7, 11) is 0. The SMILES string of the molecule is C1=NCS/C1=C\c1ccnc(N2CCC(CNCc3ccc4ccccc4n3)CC2)n1. The second-order valence-electron chi connectivity index (χ2n) is 7.97. The lowest BCUT2D eigenvalue weighted by Gasteiger charge is -2.32. The normalized spacial score (nSPS) is 18.3. The van der Waals surface area contributed by atoms with Crippen molar-refractivity contribution in [3.8, 4) is 0 Å². The highest BCUT2D eigenvalue weighted by molar-refractivity contribution is 8.04. The molecule has 1 aromatic carbocycles. The van der Waals surface area contributed by atoms with E-state index in [0.717, 1.165) is 72.7 Å². The van der Waals surface area contributed by atoms with Crippen LogP contribution in [-0.2, 0) is 6.54 Å². The number of piperidine rings is 1. The summed E-state index contributed by atoms with van der Waals surface area (Å²) in [6.45, 7) is 3.83. The molecule has 4 heterocycles. The fourth-order valence-corrected chi connectivity index (χ4v) is 4.70. The second kappa shape index (κ2) is 9.58. The van der Waals surface area contributed by atoms with Crippen molar-refractivity contribution in [2.45, 2.75) is 19.4 Å². The maximum atomic E-state index is 4.75. The Morgan fingerprint density at radius 3 is 2.84 bits per heavy atom. The third-order valence-corrected chi connectivity index (χ3v) is 6.61. The maximum Gasteiger partial charge on any atom is 0.225 e. The molecule has 7 heteroatoms. The van der Waals surface area contributed by atoms with E-state index in [2.05, 4.69) is 56.6 Å². The molecule has 0 saturated carbocycles. The summed E-state index contributed by atoms with van der Waals surface area (Å²) in [6, 6.07) is 14.5.